The van der Waals surface area contributed by atoms with E-state index in [0.717, 1.165) is 4.90 Å². The number of nitrogens with zero attached hydrogens (tertiary/aromatic N) is 2. The molecule has 0 aromatic carbocycles. The molecule has 0 rings (SSSR count). The average molecular weight is 130 g/mol. The molecule has 9 heavy (non-hydrogen) atoms. The largest absolute Gasteiger partial charge is 0.330 e. The molecule has 52 valence electrons. The summed E-state index contributed by atoms with van der Waals surface area (Å²) >= 11 is 0. The van der Waals surface area contributed by atoms with E-state index in [9.17, 15) is 9.59 Å². The van der Waals surface area contributed by atoms with Gasteiger partial charge in [-0.05, 0) is 0 Å². The number of urea groups is 1. The highest BCUT2D eigenvalue weighted by Gasteiger charge is 2.07. The van der Waals surface area contributed by atoms with Gasteiger partial charge in [0.25, 0.3) is 0 Å². The molecule has 0 heterocycles. The summed E-state index contributed by atoms with van der Waals surface area (Å²) in [5, 5.41) is 0. The summed E-state index contributed by atoms with van der Waals surface area (Å²) in [5.41, 5.74) is 0. The summed E-state index contributed by atoms with van der Waals surface area (Å²) in [6.45, 7) is 0. The maximum absolute atomic E-state index is 10.7. The van der Waals surface area contributed by atoms with Crippen LogP contribution in [0.2, 0.25) is 0 Å². The zero-order valence-corrected chi connectivity index (χ0v) is 5.79. The third-order valence-corrected chi connectivity index (χ3v) is 0.842. The van der Waals surface area contributed by atoms with E-state index in [1.165, 1.54) is 11.9 Å². The molecule has 0 bridgehead atoms. The second-order valence-electron chi connectivity index (χ2n) is 1.89. The van der Waals surface area contributed by atoms with Gasteiger partial charge in [-0.3, -0.25) is 9.69 Å². The highest BCUT2D eigenvalue weighted by molar-refractivity contribution is 5.83. The van der Waals surface area contributed by atoms with E-state index in [-0.39, 0.29) is 6.03 Å². The normalized spacial score (nSPS) is 8.33. The molecule has 0 aliphatic carbocycles. The van der Waals surface area contributed by atoms with Crippen LogP contribution in [0.4, 0.5) is 4.79 Å². The van der Waals surface area contributed by atoms with Gasteiger partial charge in [0.15, 0.2) is 0 Å². The molecule has 0 spiro atoms. The van der Waals surface area contributed by atoms with E-state index in [0.29, 0.717) is 6.41 Å². The van der Waals surface area contributed by atoms with Crippen LogP contribution in [0.3, 0.4) is 0 Å². The van der Waals surface area contributed by atoms with Gasteiger partial charge < -0.3 is 4.90 Å². The van der Waals surface area contributed by atoms with Gasteiger partial charge in [-0.25, -0.2) is 4.79 Å². The molecule has 4 heteroatoms. The van der Waals surface area contributed by atoms with Crippen molar-refractivity contribution in [2.45, 2.75) is 0 Å². The van der Waals surface area contributed by atoms with Crippen molar-refractivity contribution in [3.63, 3.8) is 0 Å². The number of hydrogen-bond donors (Lipinski definition) is 0. The molecule has 0 saturated carbocycles. The van der Waals surface area contributed by atoms with Crippen molar-refractivity contribution in [2.24, 2.45) is 0 Å². The van der Waals surface area contributed by atoms with Crippen LogP contribution < -0.4 is 0 Å². The molecule has 0 fully saturated rings. The van der Waals surface area contributed by atoms with E-state index >= 15 is 0 Å². The Kier molecular flexibility index (Phi) is 2.70. The molecular formula is C5H10N2O2. The third kappa shape index (κ3) is 2.12. The average Bonchev–Trinajstić information content (AvgIpc) is 1.84. The smallest absolute Gasteiger partial charge is 0.325 e. The lowest BCUT2D eigenvalue weighted by molar-refractivity contribution is -0.115. The summed E-state index contributed by atoms with van der Waals surface area (Å²) in [5.74, 6) is 0. The van der Waals surface area contributed by atoms with Crippen LogP contribution in [0.5, 0.6) is 0 Å². The molecule has 0 saturated heterocycles. The van der Waals surface area contributed by atoms with E-state index in [1.807, 2.05) is 0 Å². The minimum Gasteiger partial charge on any atom is -0.330 e. The molecule has 0 aromatic heterocycles. The molecule has 0 aromatic rings. The van der Waals surface area contributed by atoms with Crippen molar-refractivity contribution in [1.82, 2.24) is 9.80 Å². The number of imide groups is 1. The monoisotopic (exact) mass is 130 g/mol. The highest BCUT2D eigenvalue weighted by Crippen LogP contribution is 1.84. The van der Waals surface area contributed by atoms with Gasteiger partial charge in [-0.1, -0.05) is 0 Å². The summed E-state index contributed by atoms with van der Waals surface area (Å²) in [6, 6.07) is -0.315. The Labute approximate surface area is 54.0 Å². The maximum Gasteiger partial charge on any atom is 0.325 e. The zero-order chi connectivity index (χ0) is 7.44. The molecule has 4 nitrogen and oxygen atoms in total. The molecule has 0 radical (unpaired) electrons. The van der Waals surface area contributed by atoms with Crippen LogP contribution in [-0.4, -0.2) is 43.4 Å². The first-order chi connectivity index (χ1) is 4.09. The number of carbonyl (C=O) groups is 2. The highest BCUT2D eigenvalue weighted by atomic mass is 16.2. The topological polar surface area (TPSA) is 40.6 Å². The van der Waals surface area contributed by atoms with E-state index in [4.69, 9.17) is 0 Å². The van der Waals surface area contributed by atoms with Crippen molar-refractivity contribution in [3.8, 4) is 0 Å². The number of rotatable bonds is 1. The van der Waals surface area contributed by atoms with Crippen molar-refractivity contribution in [2.75, 3.05) is 21.1 Å². The molecule has 3 amide bonds. The Morgan fingerprint density at radius 2 is 1.78 bits per heavy atom. The predicted molar refractivity (Wildman–Crippen MR) is 32.9 cm³/mol. The van der Waals surface area contributed by atoms with Gasteiger partial charge in [-0.15, -0.1) is 0 Å². The quantitative estimate of drug-likeness (QED) is 0.459. The van der Waals surface area contributed by atoms with E-state index in [2.05, 4.69) is 0 Å². The first kappa shape index (κ1) is 7.94. The van der Waals surface area contributed by atoms with E-state index in [1.54, 1.807) is 14.1 Å². The van der Waals surface area contributed by atoms with Crippen LogP contribution >= 0.6 is 0 Å². The van der Waals surface area contributed by atoms with Gasteiger partial charge in [0.1, 0.15) is 0 Å². The second-order valence-corrected chi connectivity index (χ2v) is 1.89. The standard InChI is InChI=1S/C5H10N2O2/c1-6(2)5(9)7(3)4-8/h4H,1-3H3. The fourth-order valence-corrected chi connectivity index (χ4v) is 0.361. The fourth-order valence-electron chi connectivity index (χ4n) is 0.361. The van der Waals surface area contributed by atoms with Crippen LogP contribution in [0.1, 0.15) is 0 Å². The lowest BCUT2D eigenvalue weighted by atomic mass is 10.7. The lowest BCUT2D eigenvalue weighted by Crippen LogP contribution is -2.35. The summed E-state index contributed by atoms with van der Waals surface area (Å²) in [7, 11) is 4.58. The Balaban J connectivity index is 3.87. The van der Waals surface area contributed by atoms with Crippen LogP contribution in [0.15, 0.2) is 0 Å². The van der Waals surface area contributed by atoms with Gasteiger partial charge in [0, 0.05) is 21.1 Å². The molecule has 0 unspecified atom stereocenters. The molecular weight excluding hydrogens is 120 g/mol. The number of hydrogen-bond acceptors (Lipinski definition) is 2. The Bertz CT molecular complexity index is 122. The zero-order valence-electron chi connectivity index (χ0n) is 5.79. The molecule has 0 aliphatic heterocycles. The van der Waals surface area contributed by atoms with Gasteiger partial charge in [0.2, 0.25) is 6.41 Å². The van der Waals surface area contributed by atoms with Crippen LogP contribution in [-0.2, 0) is 4.79 Å². The Morgan fingerprint density at radius 1 is 1.33 bits per heavy atom. The van der Waals surface area contributed by atoms with Gasteiger partial charge >= 0.3 is 6.03 Å². The molecule has 0 atom stereocenters. The Morgan fingerprint density at radius 3 is 1.89 bits per heavy atom. The SMILES string of the molecule is CN(C)C(=O)N(C)C=O. The van der Waals surface area contributed by atoms with Crippen LogP contribution in [0.25, 0.3) is 0 Å². The van der Waals surface area contributed by atoms with Gasteiger partial charge in [-0.2, -0.15) is 0 Å². The number of carbonyl (C=O) groups excluding carboxylic acids is 2. The van der Waals surface area contributed by atoms with Gasteiger partial charge in [0.05, 0.1) is 0 Å². The Hall–Kier alpha value is -1.06. The molecule has 0 aliphatic rings. The lowest BCUT2D eigenvalue weighted by Gasteiger charge is -2.14. The number of amides is 3. The predicted octanol–water partition coefficient (Wildman–Crippen LogP) is -0.244. The third-order valence-electron chi connectivity index (χ3n) is 0.842. The van der Waals surface area contributed by atoms with Crippen molar-refractivity contribution in [1.29, 1.82) is 0 Å². The molecule has 0 N–H and O–H groups in total. The van der Waals surface area contributed by atoms with Crippen molar-refractivity contribution < 1.29 is 9.59 Å². The minimum atomic E-state index is -0.315. The summed E-state index contributed by atoms with van der Waals surface area (Å²) in [6.07, 6.45) is 0.475. The van der Waals surface area contributed by atoms with Crippen molar-refractivity contribution >= 4 is 12.4 Å². The summed E-state index contributed by atoms with van der Waals surface area (Å²) in [4.78, 5) is 22.9. The van der Waals surface area contributed by atoms with E-state index < -0.39 is 0 Å². The maximum atomic E-state index is 10.7. The minimum absolute atomic E-state index is 0.315. The van der Waals surface area contributed by atoms with Crippen molar-refractivity contribution in [3.05, 3.63) is 0 Å². The first-order valence-electron chi connectivity index (χ1n) is 2.49. The summed E-state index contributed by atoms with van der Waals surface area (Å²) < 4.78 is 0. The second kappa shape index (κ2) is 3.06. The first-order valence-corrected chi connectivity index (χ1v) is 2.49. The fraction of sp³-hybridized carbons (Fsp3) is 0.600. The van der Waals surface area contributed by atoms with Crippen LogP contribution in [0, 0.1) is 0 Å².